The predicted molar refractivity (Wildman–Crippen MR) is 109 cm³/mol. The standard InChI is InChI=1S/C19H22ClN5O2S/c1-12-8-13(2)23-19(22-12)28-11-17(26)25-7-3-4-14(10-25)18(27)24-16-6-5-15(20)9-21-16/h5-6,8-9,14H,3-4,7,10-11H2,1-2H3,(H,21,24,27). The number of hydrogen-bond donors (Lipinski definition) is 1. The maximum Gasteiger partial charge on any atom is 0.233 e. The third-order valence-corrected chi connectivity index (χ3v) is 5.47. The van der Waals surface area contributed by atoms with Crippen LogP contribution in [0.4, 0.5) is 5.82 Å². The minimum absolute atomic E-state index is 0.00474. The number of pyridine rings is 1. The molecule has 0 bridgehead atoms. The van der Waals surface area contributed by atoms with Crippen molar-refractivity contribution in [3.8, 4) is 0 Å². The average Bonchev–Trinajstić information content (AvgIpc) is 2.67. The first-order chi connectivity index (χ1) is 13.4. The Bertz CT molecular complexity index is 842. The number of amides is 2. The first-order valence-corrected chi connectivity index (χ1v) is 10.4. The van der Waals surface area contributed by atoms with Crippen molar-refractivity contribution in [1.29, 1.82) is 0 Å². The number of piperidine rings is 1. The van der Waals surface area contributed by atoms with Gasteiger partial charge in [-0.3, -0.25) is 9.59 Å². The van der Waals surface area contributed by atoms with E-state index in [2.05, 4.69) is 20.3 Å². The molecule has 0 aromatic carbocycles. The molecule has 1 unspecified atom stereocenters. The Morgan fingerprint density at radius 2 is 2.04 bits per heavy atom. The molecule has 0 spiro atoms. The van der Waals surface area contributed by atoms with Crippen molar-refractivity contribution in [2.45, 2.75) is 31.8 Å². The number of rotatable bonds is 5. The molecule has 28 heavy (non-hydrogen) atoms. The molecule has 1 fully saturated rings. The SMILES string of the molecule is Cc1cc(C)nc(SCC(=O)N2CCCC(C(=O)Nc3ccc(Cl)cn3)C2)n1. The Balaban J connectivity index is 1.53. The highest BCUT2D eigenvalue weighted by atomic mass is 35.5. The highest BCUT2D eigenvalue weighted by Crippen LogP contribution is 2.21. The normalized spacial score (nSPS) is 16.7. The highest BCUT2D eigenvalue weighted by Gasteiger charge is 2.28. The summed E-state index contributed by atoms with van der Waals surface area (Å²) in [6.07, 6.45) is 3.03. The van der Waals surface area contributed by atoms with E-state index in [1.807, 2.05) is 19.9 Å². The second kappa shape index (κ2) is 9.34. The van der Waals surface area contributed by atoms with Crippen molar-refractivity contribution < 1.29 is 9.59 Å². The van der Waals surface area contributed by atoms with Crippen LogP contribution in [0.2, 0.25) is 5.02 Å². The lowest BCUT2D eigenvalue weighted by Crippen LogP contribution is -2.44. The average molecular weight is 420 g/mol. The Hall–Kier alpha value is -2.19. The number of halogens is 1. The molecule has 2 aromatic heterocycles. The molecule has 1 saturated heterocycles. The zero-order chi connectivity index (χ0) is 20.1. The molecule has 2 amide bonds. The maximum absolute atomic E-state index is 12.6. The van der Waals surface area contributed by atoms with Crippen molar-refractivity contribution >= 4 is 41.0 Å². The number of nitrogens with one attached hydrogen (secondary N) is 1. The predicted octanol–water partition coefficient (Wildman–Crippen LogP) is 3.11. The van der Waals surface area contributed by atoms with E-state index in [1.54, 1.807) is 17.0 Å². The Labute approximate surface area is 173 Å². The molecule has 9 heteroatoms. The molecule has 1 atom stereocenters. The molecule has 3 heterocycles. The number of thioether (sulfide) groups is 1. The van der Waals surface area contributed by atoms with Crippen LogP contribution in [0.1, 0.15) is 24.2 Å². The van der Waals surface area contributed by atoms with Crippen LogP contribution in [0.25, 0.3) is 0 Å². The van der Waals surface area contributed by atoms with Gasteiger partial charge in [-0.05, 0) is 44.9 Å². The Morgan fingerprint density at radius 1 is 1.29 bits per heavy atom. The maximum atomic E-state index is 12.6. The van der Waals surface area contributed by atoms with E-state index in [9.17, 15) is 9.59 Å². The van der Waals surface area contributed by atoms with Gasteiger partial charge in [0.25, 0.3) is 0 Å². The highest BCUT2D eigenvalue weighted by molar-refractivity contribution is 7.99. The Morgan fingerprint density at radius 3 is 2.71 bits per heavy atom. The number of nitrogens with zero attached hydrogens (tertiary/aromatic N) is 4. The van der Waals surface area contributed by atoms with Gasteiger partial charge in [-0.25, -0.2) is 15.0 Å². The third kappa shape index (κ3) is 5.65. The van der Waals surface area contributed by atoms with Crippen LogP contribution in [0.3, 0.4) is 0 Å². The molecule has 7 nitrogen and oxygen atoms in total. The molecule has 3 rings (SSSR count). The summed E-state index contributed by atoms with van der Waals surface area (Å²) in [5.74, 6) is 0.334. The van der Waals surface area contributed by atoms with Crippen molar-refractivity contribution in [3.63, 3.8) is 0 Å². The molecule has 0 saturated carbocycles. The van der Waals surface area contributed by atoms with Gasteiger partial charge >= 0.3 is 0 Å². The quantitative estimate of drug-likeness (QED) is 0.591. The number of anilines is 1. The first kappa shape index (κ1) is 20.5. The van der Waals surface area contributed by atoms with Gasteiger partial charge in [0.2, 0.25) is 11.8 Å². The molecule has 1 aliphatic rings. The number of aromatic nitrogens is 3. The fourth-order valence-corrected chi connectivity index (χ4v) is 4.04. The summed E-state index contributed by atoms with van der Waals surface area (Å²) in [4.78, 5) is 39.7. The van der Waals surface area contributed by atoms with Gasteiger partial charge in [0.1, 0.15) is 5.82 Å². The lowest BCUT2D eigenvalue weighted by atomic mass is 9.97. The number of carbonyl (C=O) groups is 2. The fourth-order valence-electron chi connectivity index (χ4n) is 3.07. The third-order valence-electron chi connectivity index (χ3n) is 4.41. The van der Waals surface area contributed by atoms with E-state index >= 15 is 0 Å². The molecular weight excluding hydrogens is 398 g/mol. The number of carbonyl (C=O) groups excluding carboxylic acids is 2. The van der Waals surface area contributed by atoms with Gasteiger partial charge in [-0.2, -0.15) is 0 Å². The second-order valence-corrected chi connectivity index (χ2v) is 8.13. The van der Waals surface area contributed by atoms with Gasteiger partial charge in [0.05, 0.1) is 16.7 Å². The smallest absolute Gasteiger partial charge is 0.233 e. The topological polar surface area (TPSA) is 88.1 Å². The van der Waals surface area contributed by atoms with Crippen LogP contribution in [0.15, 0.2) is 29.6 Å². The van der Waals surface area contributed by atoms with Crippen LogP contribution in [-0.4, -0.2) is 50.5 Å². The second-order valence-electron chi connectivity index (χ2n) is 6.75. The van der Waals surface area contributed by atoms with Gasteiger partial charge in [0.15, 0.2) is 5.16 Å². The molecule has 0 aliphatic carbocycles. The number of hydrogen-bond acceptors (Lipinski definition) is 6. The Kier molecular flexibility index (Phi) is 6.85. The van der Waals surface area contributed by atoms with Crippen molar-refractivity contribution in [1.82, 2.24) is 19.9 Å². The monoisotopic (exact) mass is 419 g/mol. The van der Waals surface area contributed by atoms with Gasteiger partial charge in [-0.15, -0.1) is 0 Å². The molecular formula is C19H22ClN5O2S. The first-order valence-electron chi connectivity index (χ1n) is 9.06. The van der Waals surface area contributed by atoms with E-state index in [4.69, 9.17) is 11.6 Å². The summed E-state index contributed by atoms with van der Waals surface area (Å²) < 4.78 is 0. The van der Waals surface area contributed by atoms with Crippen LogP contribution >= 0.6 is 23.4 Å². The summed E-state index contributed by atoms with van der Waals surface area (Å²) in [7, 11) is 0. The van der Waals surface area contributed by atoms with Crippen molar-refractivity contribution in [3.05, 3.63) is 40.8 Å². The summed E-state index contributed by atoms with van der Waals surface area (Å²) in [6, 6.07) is 5.23. The zero-order valence-corrected chi connectivity index (χ0v) is 17.4. The summed E-state index contributed by atoms with van der Waals surface area (Å²) in [5, 5.41) is 3.91. The summed E-state index contributed by atoms with van der Waals surface area (Å²) in [5.41, 5.74) is 1.76. The van der Waals surface area contributed by atoms with E-state index in [-0.39, 0.29) is 23.5 Å². The summed E-state index contributed by atoms with van der Waals surface area (Å²) >= 11 is 7.14. The summed E-state index contributed by atoms with van der Waals surface area (Å²) in [6.45, 7) is 4.89. The number of aryl methyl sites for hydroxylation is 2. The van der Waals surface area contributed by atoms with Crippen LogP contribution in [-0.2, 0) is 9.59 Å². The minimum atomic E-state index is -0.252. The lowest BCUT2D eigenvalue weighted by molar-refractivity contribution is -0.132. The van der Waals surface area contributed by atoms with E-state index in [1.165, 1.54) is 18.0 Å². The largest absolute Gasteiger partial charge is 0.341 e. The molecule has 0 radical (unpaired) electrons. The van der Waals surface area contributed by atoms with Crippen LogP contribution in [0, 0.1) is 19.8 Å². The lowest BCUT2D eigenvalue weighted by Gasteiger charge is -2.32. The van der Waals surface area contributed by atoms with Gasteiger partial charge < -0.3 is 10.2 Å². The number of likely N-dealkylation sites (tertiary alicyclic amines) is 1. The van der Waals surface area contributed by atoms with E-state index in [0.29, 0.717) is 29.1 Å². The molecule has 1 N–H and O–H groups in total. The van der Waals surface area contributed by atoms with Gasteiger partial charge in [0, 0.05) is 30.7 Å². The van der Waals surface area contributed by atoms with Crippen LogP contribution < -0.4 is 5.32 Å². The molecule has 148 valence electrons. The molecule has 2 aromatic rings. The van der Waals surface area contributed by atoms with Crippen LogP contribution in [0.5, 0.6) is 0 Å². The van der Waals surface area contributed by atoms with E-state index in [0.717, 1.165) is 24.2 Å². The van der Waals surface area contributed by atoms with Crippen molar-refractivity contribution in [2.24, 2.45) is 5.92 Å². The minimum Gasteiger partial charge on any atom is -0.341 e. The zero-order valence-electron chi connectivity index (χ0n) is 15.8. The molecule has 1 aliphatic heterocycles. The van der Waals surface area contributed by atoms with Gasteiger partial charge in [-0.1, -0.05) is 23.4 Å². The van der Waals surface area contributed by atoms with Crippen molar-refractivity contribution in [2.75, 3.05) is 24.2 Å². The fraction of sp³-hybridized carbons (Fsp3) is 0.421. The van der Waals surface area contributed by atoms with E-state index < -0.39 is 0 Å².